The number of fused-ring (bicyclic) bond motifs is 1. The van der Waals surface area contributed by atoms with Crippen molar-refractivity contribution in [1.29, 1.82) is 0 Å². The molecular weight excluding hydrogens is 138 g/mol. The van der Waals surface area contributed by atoms with Gasteiger partial charge in [0.2, 0.25) is 0 Å². The highest BCUT2D eigenvalue weighted by Gasteiger charge is 2.14. The lowest BCUT2D eigenvalue weighted by Gasteiger charge is -2.03. The zero-order chi connectivity index (χ0) is 7.84. The van der Waals surface area contributed by atoms with E-state index in [2.05, 4.69) is 0 Å². The van der Waals surface area contributed by atoms with Gasteiger partial charge < -0.3 is 10.5 Å². The standard InChI is InChI=1S/C9H11NO/c1-6-4-8(10)7-2-3-11-9(7)5-6/h4-5H,2-3,10H2,1H3. The fourth-order valence-electron chi connectivity index (χ4n) is 1.47. The minimum Gasteiger partial charge on any atom is -0.493 e. The van der Waals surface area contributed by atoms with Gasteiger partial charge in [0.05, 0.1) is 6.61 Å². The van der Waals surface area contributed by atoms with Crippen molar-refractivity contribution in [2.75, 3.05) is 12.3 Å². The highest BCUT2D eigenvalue weighted by atomic mass is 16.5. The van der Waals surface area contributed by atoms with E-state index in [4.69, 9.17) is 10.5 Å². The number of ether oxygens (including phenoxy) is 1. The summed E-state index contributed by atoms with van der Waals surface area (Å²) in [5, 5.41) is 0. The van der Waals surface area contributed by atoms with Crippen molar-refractivity contribution in [3.05, 3.63) is 23.3 Å². The van der Waals surface area contributed by atoms with E-state index in [-0.39, 0.29) is 0 Å². The van der Waals surface area contributed by atoms with Crippen molar-refractivity contribution >= 4 is 5.69 Å². The molecule has 1 aromatic carbocycles. The Kier molecular flexibility index (Phi) is 1.28. The highest BCUT2D eigenvalue weighted by molar-refractivity contribution is 5.57. The summed E-state index contributed by atoms with van der Waals surface area (Å²) in [7, 11) is 0. The van der Waals surface area contributed by atoms with E-state index in [9.17, 15) is 0 Å². The molecule has 2 rings (SSSR count). The first-order chi connectivity index (χ1) is 5.27. The minimum atomic E-state index is 0.781. The van der Waals surface area contributed by atoms with Gasteiger partial charge in [0.25, 0.3) is 0 Å². The summed E-state index contributed by atoms with van der Waals surface area (Å²) in [5.41, 5.74) is 9.01. The molecule has 1 aliphatic rings. The second-order valence-electron chi connectivity index (χ2n) is 2.93. The maximum atomic E-state index is 5.79. The van der Waals surface area contributed by atoms with Gasteiger partial charge in [-0.1, -0.05) is 0 Å². The largest absolute Gasteiger partial charge is 0.493 e. The first-order valence-corrected chi connectivity index (χ1v) is 3.79. The average Bonchev–Trinajstić information content (AvgIpc) is 2.34. The fraction of sp³-hybridized carbons (Fsp3) is 0.333. The summed E-state index contributed by atoms with van der Waals surface area (Å²) < 4.78 is 5.38. The molecule has 58 valence electrons. The minimum absolute atomic E-state index is 0.781. The van der Waals surface area contributed by atoms with E-state index in [1.807, 2.05) is 19.1 Å². The Morgan fingerprint density at radius 1 is 1.45 bits per heavy atom. The van der Waals surface area contributed by atoms with Gasteiger partial charge in [-0.3, -0.25) is 0 Å². The van der Waals surface area contributed by atoms with Crippen molar-refractivity contribution in [2.45, 2.75) is 13.3 Å². The summed E-state index contributed by atoms with van der Waals surface area (Å²) in [6.45, 7) is 2.81. The van der Waals surface area contributed by atoms with Gasteiger partial charge in [-0.25, -0.2) is 0 Å². The van der Waals surface area contributed by atoms with Crippen LogP contribution in [0, 0.1) is 6.92 Å². The average molecular weight is 149 g/mol. The molecule has 2 N–H and O–H groups in total. The number of hydrogen-bond donors (Lipinski definition) is 1. The zero-order valence-electron chi connectivity index (χ0n) is 6.55. The van der Waals surface area contributed by atoms with E-state index in [0.29, 0.717) is 0 Å². The molecule has 1 heterocycles. The van der Waals surface area contributed by atoms with Crippen LogP contribution in [0.1, 0.15) is 11.1 Å². The van der Waals surface area contributed by atoms with Gasteiger partial charge in [-0.2, -0.15) is 0 Å². The molecule has 0 amide bonds. The van der Waals surface area contributed by atoms with Gasteiger partial charge >= 0.3 is 0 Å². The Balaban J connectivity index is 2.60. The molecule has 0 radical (unpaired) electrons. The predicted octanol–water partition coefficient (Wildman–Crippen LogP) is 1.51. The number of rotatable bonds is 0. The Morgan fingerprint density at radius 2 is 2.27 bits per heavy atom. The maximum Gasteiger partial charge on any atom is 0.124 e. The number of benzene rings is 1. The SMILES string of the molecule is Cc1cc(N)c2c(c1)OCC2. The molecule has 0 unspecified atom stereocenters. The van der Waals surface area contributed by atoms with Crippen LogP contribution in [0.4, 0.5) is 5.69 Å². The van der Waals surface area contributed by atoms with Crippen LogP contribution in [0.25, 0.3) is 0 Å². The lowest BCUT2D eigenvalue weighted by molar-refractivity contribution is 0.356. The number of nitrogen functional groups attached to an aromatic ring is 1. The van der Waals surface area contributed by atoms with Crippen molar-refractivity contribution in [2.24, 2.45) is 0 Å². The Morgan fingerprint density at radius 3 is 3.09 bits per heavy atom. The van der Waals surface area contributed by atoms with Crippen LogP contribution in [-0.4, -0.2) is 6.61 Å². The molecule has 11 heavy (non-hydrogen) atoms. The lowest BCUT2D eigenvalue weighted by Crippen LogP contribution is -1.91. The first kappa shape index (κ1) is 6.53. The third kappa shape index (κ3) is 0.946. The van der Waals surface area contributed by atoms with Gasteiger partial charge in [0.15, 0.2) is 0 Å². The van der Waals surface area contributed by atoms with Gasteiger partial charge in [-0.15, -0.1) is 0 Å². The molecule has 0 fully saturated rings. The van der Waals surface area contributed by atoms with Gasteiger partial charge in [0, 0.05) is 17.7 Å². The van der Waals surface area contributed by atoms with Crippen LogP contribution < -0.4 is 10.5 Å². The summed E-state index contributed by atoms with van der Waals surface area (Å²) >= 11 is 0. The molecule has 0 saturated carbocycles. The normalized spacial score (nSPS) is 14.3. The molecule has 1 aromatic rings. The molecule has 0 aromatic heterocycles. The third-order valence-electron chi connectivity index (χ3n) is 2.00. The van der Waals surface area contributed by atoms with Gasteiger partial charge in [-0.05, 0) is 24.6 Å². The van der Waals surface area contributed by atoms with E-state index in [1.165, 1.54) is 11.1 Å². The van der Waals surface area contributed by atoms with Crippen molar-refractivity contribution < 1.29 is 4.74 Å². The highest BCUT2D eigenvalue weighted by Crippen LogP contribution is 2.31. The number of nitrogens with two attached hydrogens (primary N) is 1. The Labute approximate surface area is 66.0 Å². The van der Waals surface area contributed by atoms with Crippen LogP contribution in [-0.2, 0) is 6.42 Å². The maximum absolute atomic E-state index is 5.79. The zero-order valence-corrected chi connectivity index (χ0v) is 6.55. The van der Waals surface area contributed by atoms with Crippen molar-refractivity contribution in [3.63, 3.8) is 0 Å². The van der Waals surface area contributed by atoms with Crippen molar-refractivity contribution in [3.8, 4) is 5.75 Å². The van der Waals surface area contributed by atoms with Crippen LogP contribution in [0.15, 0.2) is 12.1 Å². The molecule has 2 heteroatoms. The summed E-state index contributed by atoms with van der Waals surface area (Å²) in [6.07, 6.45) is 0.960. The van der Waals surface area contributed by atoms with Gasteiger partial charge in [0.1, 0.15) is 5.75 Å². The molecule has 0 atom stereocenters. The van der Waals surface area contributed by atoms with Crippen molar-refractivity contribution in [1.82, 2.24) is 0 Å². The fourth-order valence-corrected chi connectivity index (χ4v) is 1.47. The van der Waals surface area contributed by atoms with E-state index in [0.717, 1.165) is 24.5 Å². The summed E-state index contributed by atoms with van der Waals surface area (Å²) in [4.78, 5) is 0. The van der Waals surface area contributed by atoms with Crippen LogP contribution >= 0.6 is 0 Å². The van der Waals surface area contributed by atoms with Crippen LogP contribution in [0.2, 0.25) is 0 Å². The van der Waals surface area contributed by atoms with E-state index in [1.54, 1.807) is 0 Å². The molecule has 0 aliphatic carbocycles. The predicted molar refractivity (Wildman–Crippen MR) is 44.8 cm³/mol. The van der Waals surface area contributed by atoms with E-state index < -0.39 is 0 Å². The number of hydrogen-bond acceptors (Lipinski definition) is 2. The third-order valence-corrected chi connectivity index (χ3v) is 2.00. The molecular formula is C9H11NO. The molecule has 2 nitrogen and oxygen atoms in total. The lowest BCUT2D eigenvalue weighted by atomic mass is 10.1. The topological polar surface area (TPSA) is 35.2 Å². The molecule has 0 saturated heterocycles. The van der Waals surface area contributed by atoms with Crippen LogP contribution in [0.5, 0.6) is 5.75 Å². The number of anilines is 1. The van der Waals surface area contributed by atoms with E-state index >= 15 is 0 Å². The monoisotopic (exact) mass is 149 g/mol. The van der Waals surface area contributed by atoms with Crippen LogP contribution in [0.3, 0.4) is 0 Å². The quantitative estimate of drug-likeness (QED) is 0.567. The Bertz CT molecular complexity index is 294. The molecule has 1 aliphatic heterocycles. The molecule has 0 spiro atoms. The first-order valence-electron chi connectivity index (χ1n) is 3.79. The summed E-state index contributed by atoms with van der Waals surface area (Å²) in [5.74, 6) is 0.975. The Hall–Kier alpha value is -1.18. The second kappa shape index (κ2) is 2.16. The second-order valence-corrected chi connectivity index (χ2v) is 2.93. The summed E-state index contributed by atoms with van der Waals surface area (Å²) in [6, 6.07) is 4.03. The number of aryl methyl sites for hydroxylation is 1. The molecule has 0 bridgehead atoms. The smallest absolute Gasteiger partial charge is 0.124 e.